The zero-order chi connectivity index (χ0) is 14.2. The molecule has 0 spiro atoms. The molecule has 6 nitrogen and oxygen atoms in total. The molecule has 1 aliphatic rings. The zero-order valence-electron chi connectivity index (χ0n) is 10.4. The summed E-state index contributed by atoms with van der Waals surface area (Å²) in [5.74, 6) is -0.412. The minimum Gasteiger partial charge on any atom is -0.381 e. The Morgan fingerprint density at radius 1 is 1.35 bits per heavy atom. The summed E-state index contributed by atoms with van der Waals surface area (Å²) >= 11 is 0. The third kappa shape index (κ3) is 2.53. The van der Waals surface area contributed by atoms with E-state index in [1.54, 1.807) is 6.07 Å². The smallest absolute Gasteiger partial charge is 0.381 e. The number of ether oxygens (including phenoxy) is 1. The second-order valence-corrected chi connectivity index (χ2v) is 4.62. The maximum atomic E-state index is 12.7. The number of nitrogens with zero attached hydrogens (tertiary/aromatic N) is 4. The maximum absolute atomic E-state index is 12.7. The fraction of sp³-hybridized carbons (Fsp3) is 0.545. The lowest BCUT2D eigenvalue weighted by Crippen LogP contribution is -2.17. The first-order valence-corrected chi connectivity index (χ1v) is 6.15. The van der Waals surface area contributed by atoms with Crippen LogP contribution < -0.4 is 5.32 Å². The highest BCUT2D eigenvalue weighted by atomic mass is 19.4. The van der Waals surface area contributed by atoms with Gasteiger partial charge in [-0.2, -0.15) is 17.7 Å². The van der Waals surface area contributed by atoms with Gasteiger partial charge < -0.3 is 10.1 Å². The Morgan fingerprint density at radius 2 is 2.20 bits per heavy atom. The third-order valence-corrected chi connectivity index (χ3v) is 3.11. The van der Waals surface area contributed by atoms with Crippen LogP contribution in [0.2, 0.25) is 0 Å². The summed E-state index contributed by atoms with van der Waals surface area (Å²) in [5, 5.41) is 13.5. The Bertz CT molecular complexity index is 606. The molecule has 1 atom stereocenters. The van der Waals surface area contributed by atoms with E-state index < -0.39 is 12.0 Å². The monoisotopic (exact) mass is 287 g/mol. The molecule has 0 bridgehead atoms. The quantitative estimate of drug-likeness (QED) is 0.928. The predicted molar refractivity (Wildman–Crippen MR) is 63.2 cm³/mol. The summed E-state index contributed by atoms with van der Waals surface area (Å²) in [7, 11) is 0. The zero-order valence-corrected chi connectivity index (χ0v) is 10.4. The number of anilines is 1. The van der Waals surface area contributed by atoms with Crippen molar-refractivity contribution < 1.29 is 17.9 Å². The van der Waals surface area contributed by atoms with E-state index in [-0.39, 0.29) is 5.65 Å². The fourth-order valence-corrected chi connectivity index (χ4v) is 2.05. The van der Waals surface area contributed by atoms with Crippen LogP contribution in [0.25, 0.3) is 5.65 Å². The predicted octanol–water partition coefficient (Wildman–Crippen LogP) is 1.59. The molecular weight excluding hydrogens is 275 g/mol. The molecule has 1 N–H and O–H groups in total. The van der Waals surface area contributed by atoms with Crippen LogP contribution in [0.1, 0.15) is 12.2 Å². The van der Waals surface area contributed by atoms with Crippen LogP contribution in [0, 0.1) is 5.92 Å². The second kappa shape index (κ2) is 4.89. The summed E-state index contributed by atoms with van der Waals surface area (Å²) < 4.78 is 44.1. The van der Waals surface area contributed by atoms with Gasteiger partial charge >= 0.3 is 6.18 Å². The van der Waals surface area contributed by atoms with E-state index in [0.717, 1.165) is 13.0 Å². The molecule has 1 saturated heterocycles. The molecule has 20 heavy (non-hydrogen) atoms. The molecule has 0 saturated carbocycles. The van der Waals surface area contributed by atoms with Crippen LogP contribution >= 0.6 is 0 Å². The van der Waals surface area contributed by atoms with Gasteiger partial charge in [-0.15, -0.1) is 15.3 Å². The van der Waals surface area contributed by atoms with Gasteiger partial charge in [0.1, 0.15) is 5.82 Å². The standard InChI is InChI=1S/C11H12F3N5O/c12-11(13,14)10-17-16-9-2-1-8(18-19(9)10)15-5-7-3-4-20-6-7/h1-2,7H,3-6H2,(H,15,18)/t7-/m0/s1. The SMILES string of the molecule is FC(F)(F)c1nnc2ccc(NC[C@@H]3CCOC3)nn12. The summed E-state index contributed by atoms with van der Waals surface area (Å²) in [5.41, 5.74) is 0.0621. The normalized spacial score (nSPS) is 19.6. The number of hydrogen-bond donors (Lipinski definition) is 1. The summed E-state index contributed by atoms with van der Waals surface area (Å²) in [6.07, 6.45) is -3.64. The average Bonchev–Trinajstić information content (AvgIpc) is 3.04. The molecule has 0 aromatic carbocycles. The number of halogens is 3. The van der Waals surface area contributed by atoms with Gasteiger partial charge in [0.2, 0.25) is 0 Å². The number of alkyl halides is 3. The molecule has 108 valence electrons. The molecule has 0 radical (unpaired) electrons. The van der Waals surface area contributed by atoms with Crippen LogP contribution in [-0.2, 0) is 10.9 Å². The van der Waals surface area contributed by atoms with Crippen LogP contribution in [0.3, 0.4) is 0 Å². The summed E-state index contributed by atoms with van der Waals surface area (Å²) in [6.45, 7) is 2.00. The van der Waals surface area contributed by atoms with Crippen molar-refractivity contribution in [2.75, 3.05) is 25.1 Å². The van der Waals surface area contributed by atoms with Gasteiger partial charge in [0.15, 0.2) is 5.65 Å². The van der Waals surface area contributed by atoms with E-state index in [1.165, 1.54) is 6.07 Å². The second-order valence-electron chi connectivity index (χ2n) is 4.62. The number of nitrogens with one attached hydrogen (secondary N) is 1. The topological polar surface area (TPSA) is 64.3 Å². The molecule has 2 aromatic rings. The van der Waals surface area contributed by atoms with Gasteiger partial charge in [0.05, 0.1) is 6.61 Å². The van der Waals surface area contributed by atoms with Crippen molar-refractivity contribution in [3.8, 4) is 0 Å². The van der Waals surface area contributed by atoms with Gasteiger partial charge in [-0.3, -0.25) is 0 Å². The first-order valence-electron chi connectivity index (χ1n) is 6.15. The molecule has 3 heterocycles. The van der Waals surface area contributed by atoms with Crippen LogP contribution in [-0.4, -0.2) is 39.6 Å². The Morgan fingerprint density at radius 3 is 2.90 bits per heavy atom. The number of fused-ring (bicyclic) bond motifs is 1. The van der Waals surface area contributed by atoms with Crippen LogP contribution in [0.4, 0.5) is 19.0 Å². The number of aromatic nitrogens is 4. The van der Waals surface area contributed by atoms with E-state index >= 15 is 0 Å². The number of hydrogen-bond acceptors (Lipinski definition) is 5. The molecular formula is C11H12F3N5O. The van der Waals surface area contributed by atoms with E-state index in [4.69, 9.17) is 4.74 Å². The Balaban J connectivity index is 1.81. The Hall–Kier alpha value is -1.90. The molecule has 9 heteroatoms. The van der Waals surface area contributed by atoms with Gasteiger partial charge in [-0.05, 0) is 18.6 Å². The van der Waals surface area contributed by atoms with E-state index in [1.807, 2.05) is 0 Å². The molecule has 1 aliphatic heterocycles. The lowest BCUT2D eigenvalue weighted by Gasteiger charge is -2.10. The molecule has 0 unspecified atom stereocenters. The highest BCUT2D eigenvalue weighted by Gasteiger charge is 2.37. The van der Waals surface area contributed by atoms with E-state index in [0.29, 0.717) is 29.4 Å². The molecule has 0 amide bonds. The highest BCUT2D eigenvalue weighted by molar-refractivity contribution is 5.44. The summed E-state index contributed by atoms with van der Waals surface area (Å²) in [4.78, 5) is 0. The minimum atomic E-state index is -4.58. The van der Waals surface area contributed by atoms with Crippen molar-refractivity contribution in [3.05, 3.63) is 18.0 Å². The van der Waals surface area contributed by atoms with Crippen molar-refractivity contribution in [1.29, 1.82) is 0 Å². The average molecular weight is 287 g/mol. The van der Waals surface area contributed by atoms with Crippen molar-refractivity contribution >= 4 is 11.5 Å². The lowest BCUT2D eigenvalue weighted by molar-refractivity contribution is -0.146. The third-order valence-electron chi connectivity index (χ3n) is 3.11. The molecule has 2 aromatic heterocycles. The maximum Gasteiger partial charge on any atom is 0.453 e. The van der Waals surface area contributed by atoms with Gasteiger partial charge in [-0.1, -0.05) is 0 Å². The van der Waals surface area contributed by atoms with Crippen molar-refractivity contribution in [2.24, 2.45) is 5.92 Å². The van der Waals surface area contributed by atoms with E-state index in [2.05, 4.69) is 20.6 Å². The van der Waals surface area contributed by atoms with Crippen LogP contribution in [0.15, 0.2) is 12.1 Å². The van der Waals surface area contributed by atoms with Gasteiger partial charge in [0, 0.05) is 19.1 Å². The number of rotatable bonds is 3. The van der Waals surface area contributed by atoms with Gasteiger partial charge in [0.25, 0.3) is 5.82 Å². The largest absolute Gasteiger partial charge is 0.453 e. The minimum absolute atomic E-state index is 0.0621. The van der Waals surface area contributed by atoms with Crippen molar-refractivity contribution in [3.63, 3.8) is 0 Å². The first-order chi connectivity index (χ1) is 9.54. The van der Waals surface area contributed by atoms with Crippen molar-refractivity contribution in [1.82, 2.24) is 19.8 Å². The van der Waals surface area contributed by atoms with Gasteiger partial charge in [-0.25, -0.2) is 0 Å². The van der Waals surface area contributed by atoms with Crippen molar-refractivity contribution in [2.45, 2.75) is 12.6 Å². The molecule has 1 fully saturated rings. The summed E-state index contributed by atoms with van der Waals surface area (Å²) in [6, 6.07) is 3.03. The lowest BCUT2D eigenvalue weighted by atomic mass is 10.1. The first kappa shape index (κ1) is 13.1. The Labute approximate surface area is 111 Å². The van der Waals surface area contributed by atoms with Crippen LogP contribution in [0.5, 0.6) is 0 Å². The highest BCUT2D eigenvalue weighted by Crippen LogP contribution is 2.27. The Kier molecular flexibility index (Phi) is 3.20. The fourth-order valence-electron chi connectivity index (χ4n) is 2.05. The molecule has 3 rings (SSSR count). The van der Waals surface area contributed by atoms with E-state index in [9.17, 15) is 13.2 Å². The molecule has 0 aliphatic carbocycles.